The molecule has 0 aromatic rings. The summed E-state index contributed by atoms with van der Waals surface area (Å²) in [6.45, 7) is 5.13. The van der Waals surface area contributed by atoms with Crippen molar-refractivity contribution in [3.05, 3.63) is 0 Å². The van der Waals surface area contributed by atoms with E-state index in [1.807, 2.05) is 4.90 Å². The summed E-state index contributed by atoms with van der Waals surface area (Å²) in [7, 11) is 2.05. The van der Waals surface area contributed by atoms with E-state index < -0.39 is 0 Å². The molecule has 19 heavy (non-hydrogen) atoms. The average molecular weight is 268 g/mol. The summed E-state index contributed by atoms with van der Waals surface area (Å²) >= 11 is 0. The Morgan fingerprint density at radius 2 is 2.00 bits per heavy atom. The van der Waals surface area contributed by atoms with Gasteiger partial charge in [0.25, 0.3) is 0 Å². The zero-order valence-corrected chi connectivity index (χ0v) is 12.4. The molecule has 4 heteroatoms. The minimum Gasteiger partial charge on any atom is -0.396 e. The second-order valence-corrected chi connectivity index (χ2v) is 6.37. The summed E-state index contributed by atoms with van der Waals surface area (Å²) in [6.07, 6.45) is 6.25. The minimum atomic E-state index is 0.0765. The molecule has 0 aromatic carbocycles. The molecule has 4 nitrogen and oxygen atoms in total. The average Bonchev–Trinajstić information content (AvgIpc) is 2.85. The number of nitrogens with zero attached hydrogens (tertiary/aromatic N) is 2. The fourth-order valence-electron chi connectivity index (χ4n) is 3.65. The fourth-order valence-corrected chi connectivity index (χ4v) is 3.65. The van der Waals surface area contributed by atoms with Crippen molar-refractivity contribution in [2.45, 2.75) is 51.5 Å². The van der Waals surface area contributed by atoms with E-state index in [1.54, 1.807) is 0 Å². The number of hydrogen-bond donors (Lipinski definition) is 1. The number of likely N-dealkylation sites (tertiary alicyclic amines) is 2. The van der Waals surface area contributed by atoms with Crippen LogP contribution in [0.2, 0.25) is 0 Å². The highest BCUT2D eigenvalue weighted by Gasteiger charge is 2.37. The molecule has 2 aliphatic heterocycles. The third kappa shape index (κ3) is 3.11. The predicted octanol–water partition coefficient (Wildman–Crippen LogP) is 1.48. The Bertz CT molecular complexity index is 311. The van der Waals surface area contributed by atoms with Gasteiger partial charge in [0.05, 0.1) is 6.04 Å². The zero-order chi connectivity index (χ0) is 13.9. The van der Waals surface area contributed by atoms with Gasteiger partial charge in [-0.2, -0.15) is 0 Å². The summed E-state index contributed by atoms with van der Waals surface area (Å²) in [5.74, 6) is 0.308. The molecule has 2 rings (SSSR count). The van der Waals surface area contributed by atoms with E-state index in [4.69, 9.17) is 0 Å². The molecular weight excluding hydrogens is 240 g/mol. The molecule has 0 saturated carbocycles. The first kappa shape index (κ1) is 14.8. The van der Waals surface area contributed by atoms with Crippen LogP contribution in [0.5, 0.6) is 0 Å². The molecule has 1 N–H and O–H groups in total. The summed E-state index contributed by atoms with van der Waals surface area (Å²) in [5.41, 5.74) is 0.0765. The fraction of sp³-hybridized carbons (Fsp3) is 0.933. The van der Waals surface area contributed by atoms with Crippen LogP contribution in [-0.4, -0.2) is 60.1 Å². The Kier molecular flexibility index (Phi) is 4.85. The van der Waals surface area contributed by atoms with Crippen molar-refractivity contribution in [2.24, 2.45) is 5.41 Å². The van der Waals surface area contributed by atoms with E-state index in [0.717, 1.165) is 58.2 Å². The van der Waals surface area contributed by atoms with Gasteiger partial charge < -0.3 is 10.0 Å². The Balaban J connectivity index is 1.90. The maximum absolute atomic E-state index is 12.5. The van der Waals surface area contributed by atoms with E-state index >= 15 is 0 Å². The van der Waals surface area contributed by atoms with Gasteiger partial charge in [0.2, 0.25) is 5.91 Å². The van der Waals surface area contributed by atoms with Crippen LogP contribution >= 0.6 is 0 Å². The minimum absolute atomic E-state index is 0.0765. The van der Waals surface area contributed by atoms with E-state index in [0.29, 0.717) is 5.91 Å². The summed E-state index contributed by atoms with van der Waals surface area (Å²) in [5, 5.41) is 9.64. The number of hydrogen-bond acceptors (Lipinski definition) is 3. The van der Waals surface area contributed by atoms with Crippen LogP contribution in [0.4, 0.5) is 0 Å². The Morgan fingerprint density at radius 3 is 2.47 bits per heavy atom. The van der Waals surface area contributed by atoms with Gasteiger partial charge in [0.1, 0.15) is 0 Å². The molecule has 2 aliphatic rings. The lowest BCUT2D eigenvalue weighted by Crippen LogP contribution is -2.50. The van der Waals surface area contributed by atoms with Crippen molar-refractivity contribution in [1.29, 1.82) is 0 Å². The van der Waals surface area contributed by atoms with Gasteiger partial charge in [0, 0.05) is 19.7 Å². The van der Waals surface area contributed by atoms with Gasteiger partial charge in [0.15, 0.2) is 0 Å². The van der Waals surface area contributed by atoms with Crippen LogP contribution in [0.3, 0.4) is 0 Å². The van der Waals surface area contributed by atoms with Gasteiger partial charge in [-0.15, -0.1) is 0 Å². The predicted molar refractivity (Wildman–Crippen MR) is 75.9 cm³/mol. The highest BCUT2D eigenvalue weighted by Crippen LogP contribution is 2.36. The van der Waals surface area contributed by atoms with Crippen LogP contribution in [-0.2, 0) is 4.79 Å². The molecule has 1 amide bonds. The standard InChI is InChI=1S/C15H28N2O2/c1-3-6-15(12-18)7-10-17(11-8-15)14(19)13-5-4-9-16(13)2/h13,18H,3-12H2,1-2H3/t13-/m0/s1. The molecule has 2 saturated heterocycles. The van der Waals surface area contributed by atoms with Crippen LogP contribution in [0.25, 0.3) is 0 Å². The zero-order valence-electron chi connectivity index (χ0n) is 12.4. The number of piperidine rings is 1. The lowest BCUT2D eigenvalue weighted by molar-refractivity contribution is -0.138. The Morgan fingerprint density at radius 1 is 1.32 bits per heavy atom. The maximum atomic E-state index is 12.5. The molecular formula is C15H28N2O2. The van der Waals surface area contributed by atoms with Crippen LogP contribution in [0, 0.1) is 5.41 Å². The first-order valence-corrected chi connectivity index (χ1v) is 7.72. The van der Waals surface area contributed by atoms with Gasteiger partial charge in [-0.25, -0.2) is 0 Å². The van der Waals surface area contributed by atoms with E-state index in [2.05, 4.69) is 18.9 Å². The van der Waals surface area contributed by atoms with Gasteiger partial charge >= 0.3 is 0 Å². The monoisotopic (exact) mass is 268 g/mol. The smallest absolute Gasteiger partial charge is 0.239 e. The molecule has 0 aliphatic carbocycles. The number of amides is 1. The lowest BCUT2D eigenvalue weighted by atomic mass is 9.75. The number of aliphatic hydroxyl groups is 1. The van der Waals surface area contributed by atoms with Crippen LogP contribution in [0.1, 0.15) is 45.4 Å². The third-order valence-corrected chi connectivity index (χ3v) is 5.06. The number of likely N-dealkylation sites (N-methyl/N-ethyl adjacent to an activating group) is 1. The van der Waals surface area contributed by atoms with Gasteiger partial charge in [-0.3, -0.25) is 9.69 Å². The van der Waals surface area contributed by atoms with Crippen molar-refractivity contribution in [3.8, 4) is 0 Å². The molecule has 0 radical (unpaired) electrons. The number of carbonyl (C=O) groups is 1. The largest absolute Gasteiger partial charge is 0.396 e. The second-order valence-electron chi connectivity index (χ2n) is 6.37. The highest BCUT2D eigenvalue weighted by molar-refractivity contribution is 5.82. The molecule has 2 fully saturated rings. The van der Waals surface area contributed by atoms with Crippen LogP contribution < -0.4 is 0 Å². The molecule has 0 aromatic heterocycles. The molecule has 0 bridgehead atoms. The number of rotatable bonds is 4. The highest BCUT2D eigenvalue weighted by atomic mass is 16.3. The van der Waals surface area contributed by atoms with E-state index in [9.17, 15) is 9.90 Å². The Labute approximate surface area is 116 Å². The van der Waals surface area contributed by atoms with E-state index in [-0.39, 0.29) is 18.1 Å². The first-order chi connectivity index (χ1) is 9.12. The lowest BCUT2D eigenvalue weighted by Gasteiger charge is -2.42. The van der Waals surface area contributed by atoms with Crippen molar-refractivity contribution in [1.82, 2.24) is 9.80 Å². The summed E-state index contributed by atoms with van der Waals surface area (Å²) in [4.78, 5) is 16.7. The quantitative estimate of drug-likeness (QED) is 0.840. The van der Waals surface area contributed by atoms with Crippen LogP contribution in [0.15, 0.2) is 0 Å². The third-order valence-electron chi connectivity index (χ3n) is 5.06. The maximum Gasteiger partial charge on any atom is 0.239 e. The van der Waals surface area contributed by atoms with Crippen molar-refractivity contribution >= 4 is 5.91 Å². The SMILES string of the molecule is CCCC1(CO)CCN(C(=O)[C@@H]2CCCN2C)CC1. The molecule has 2 heterocycles. The second kappa shape index (κ2) is 6.23. The van der Waals surface area contributed by atoms with Crippen molar-refractivity contribution in [2.75, 3.05) is 33.3 Å². The van der Waals surface area contributed by atoms with Crippen molar-refractivity contribution in [3.63, 3.8) is 0 Å². The number of aliphatic hydroxyl groups excluding tert-OH is 1. The van der Waals surface area contributed by atoms with Gasteiger partial charge in [-0.1, -0.05) is 13.3 Å². The van der Waals surface area contributed by atoms with E-state index in [1.165, 1.54) is 0 Å². The first-order valence-electron chi connectivity index (χ1n) is 7.72. The summed E-state index contributed by atoms with van der Waals surface area (Å²) < 4.78 is 0. The van der Waals surface area contributed by atoms with Crippen molar-refractivity contribution < 1.29 is 9.90 Å². The topological polar surface area (TPSA) is 43.8 Å². The molecule has 0 spiro atoms. The number of carbonyl (C=O) groups excluding carboxylic acids is 1. The van der Waals surface area contributed by atoms with Gasteiger partial charge in [-0.05, 0) is 51.1 Å². The molecule has 110 valence electrons. The normalized spacial score (nSPS) is 27.7. The molecule has 1 atom stereocenters. The Hall–Kier alpha value is -0.610. The summed E-state index contributed by atoms with van der Waals surface area (Å²) in [6, 6.07) is 0.104. The molecule has 0 unspecified atom stereocenters.